The van der Waals surface area contributed by atoms with Crippen molar-refractivity contribution in [2.24, 2.45) is 0 Å². The van der Waals surface area contributed by atoms with E-state index in [4.69, 9.17) is 30.2 Å². The third-order valence-corrected chi connectivity index (χ3v) is 6.01. The summed E-state index contributed by atoms with van der Waals surface area (Å²) in [6.07, 6.45) is -6.35. The molecule has 2 aromatic rings. The SMILES string of the molecule is O=C(O)c1oc2ccc(C(F)(F)F)cc2c1N(CCCl)CC(F)(F)C1CC2(CCO1)OCCO2. The van der Waals surface area contributed by atoms with E-state index in [9.17, 15) is 23.1 Å². The van der Waals surface area contributed by atoms with Crippen LogP contribution in [0.2, 0.25) is 0 Å². The average Bonchev–Trinajstić information content (AvgIpc) is 3.37. The molecule has 2 fully saturated rings. The molecule has 188 valence electrons. The second-order valence-corrected chi connectivity index (χ2v) is 8.46. The van der Waals surface area contributed by atoms with E-state index in [1.165, 1.54) is 0 Å². The molecule has 13 heteroatoms. The number of alkyl halides is 6. The topological polar surface area (TPSA) is 81.4 Å². The third-order valence-electron chi connectivity index (χ3n) is 5.84. The van der Waals surface area contributed by atoms with E-state index in [0.29, 0.717) is 6.07 Å². The van der Waals surface area contributed by atoms with E-state index in [-0.39, 0.29) is 56.1 Å². The highest BCUT2D eigenvalue weighted by Gasteiger charge is 2.52. The monoisotopic (exact) mass is 513 g/mol. The number of rotatable bonds is 7. The van der Waals surface area contributed by atoms with Gasteiger partial charge in [-0.2, -0.15) is 13.2 Å². The first-order valence-corrected chi connectivity index (χ1v) is 10.9. The molecule has 2 saturated heterocycles. The first kappa shape index (κ1) is 25.0. The predicted octanol–water partition coefficient (Wildman–Crippen LogP) is 4.75. The number of hydrogen-bond acceptors (Lipinski definition) is 6. The van der Waals surface area contributed by atoms with E-state index in [2.05, 4.69) is 0 Å². The summed E-state index contributed by atoms with van der Waals surface area (Å²) in [6.45, 7) is -0.874. The molecular weight excluding hydrogens is 493 g/mol. The maximum absolute atomic E-state index is 15.4. The Bertz CT molecular complexity index is 1050. The number of ether oxygens (including phenoxy) is 3. The van der Waals surface area contributed by atoms with Crippen LogP contribution < -0.4 is 4.90 Å². The van der Waals surface area contributed by atoms with Crippen molar-refractivity contribution < 1.29 is 50.5 Å². The van der Waals surface area contributed by atoms with Crippen molar-refractivity contribution in [3.63, 3.8) is 0 Å². The highest BCUT2D eigenvalue weighted by molar-refractivity contribution is 6.18. The summed E-state index contributed by atoms with van der Waals surface area (Å²) in [4.78, 5) is 12.7. The van der Waals surface area contributed by atoms with E-state index in [1.807, 2.05) is 0 Å². The van der Waals surface area contributed by atoms with Crippen LogP contribution in [0, 0.1) is 0 Å². The lowest BCUT2D eigenvalue weighted by atomic mass is 9.97. The maximum Gasteiger partial charge on any atom is 0.416 e. The first-order valence-electron chi connectivity index (χ1n) is 10.4. The Morgan fingerprint density at radius 3 is 2.50 bits per heavy atom. The highest BCUT2D eigenvalue weighted by Crippen LogP contribution is 2.42. The average molecular weight is 514 g/mol. The fourth-order valence-electron chi connectivity index (χ4n) is 4.28. The van der Waals surface area contributed by atoms with E-state index >= 15 is 8.78 Å². The summed E-state index contributed by atoms with van der Waals surface area (Å²) < 4.78 is 92.3. The van der Waals surface area contributed by atoms with E-state index in [0.717, 1.165) is 17.0 Å². The summed E-state index contributed by atoms with van der Waals surface area (Å²) in [7, 11) is 0. The molecule has 1 N–H and O–H groups in total. The molecule has 34 heavy (non-hydrogen) atoms. The Morgan fingerprint density at radius 1 is 1.18 bits per heavy atom. The van der Waals surface area contributed by atoms with Gasteiger partial charge in [-0.05, 0) is 18.2 Å². The molecule has 1 aromatic heterocycles. The largest absolute Gasteiger partial charge is 0.475 e. The minimum Gasteiger partial charge on any atom is -0.475 e. The summed E-state index contributed by atoms with van der Waals surface area (Å²) in [5, 5.41) is 9.31. The van der Waals surface area contributed by atoms with Gasteiger partial charge < -0.3 is 28.6 Å². The van der Waals surface area contributed by atoms with Crippen LogP contribution in [0.1, 0.15) is 29.0 Å². The van der Waals surface area contributed by atoms with Gasteiger partial charge in [-0.15, -0.1) is 11.6 Å². The van der Waals surface area contributed by atoms with Crippen molar-refractivity contribution in [3.8, 4) is 0 Å². The Hall–Kier alpha value is -2.15. The fourth-order valence-corrected chi connectivity index (χ4v) is 4.48. The van der Waals surface area contributed by atoms with Crippen LogP contribution in [0.4, 0.5) is 27.6 Å². The molecule has 0 saturated carbocycles. The van der Waals surface area contributed by atoms with Gasteiger partial charge in [-0.3, -0.25) is 0 Å². The molecule has 1 atom stereocenters. The van der Waals surface area contributed by atoms with Gasteiger partial charge in [-0.25, -0.2) is 13.6 Å². The second-order valence-electron chi connectivity index (χ2n) is 8.09. The molecule has 2 aliphatic heterocycles. The van der Waals surface area contributed by atoms with E-state index < -0.39 is 53.5 Å². The number of anilines is 1. The van der Waals surface area contributed by atoms with Crippen LogP contribution >= 0.6 is 11.6 Å². The Labute approximate surface area is 195 Å². The number of hydrogen-bond donors (Lipinski definition) is 1. The van der Waals surface area contributed by atoms with Gasteiger partial charge in [0.2, 0.25) is 5.76 Å². The number of benzene rings is 1. The normalized spacial score (nSPS) is 20.8. The Balaban J connectivity index is 1.71. The highest BCUT2D eigenvalue weighted by atomic mass is 35.5. The molecule has 2 aliphatic rings. The summed E-state index contributed by atoms with van der Waals surface area (Å²) in [5.41, 5.74) is -1.68. The van der Waals surface area contributed by atoms with Crippen molar-refractivity contribution in [1.82, 2.24) is 0 Å². The summed E-state index contributed by atoms with van der Waals surface area (Å²) in [6, 6.07) is 2.35. The molecule has 1 unspecified atom stereocenters. The number of nitrogens with zero attached hydrogens (tertiary/aromatic N) is 1. The Kier molecular flexibility index (Phi) is 6.71. The molecule has 0 bridgehead atoms. The quantitative estimate of drug-likeness (QED) is 0.422. The second kappa shape index (κ2) is 9.14. The number of carboxylic acids is 1. The molecule has 3 heterocycles. The minimum absolute atomic E-state index is 0.0419. The molecule has 0 radical (unpaired) electrons. The van der Waals surface area contributed by atoms with Crippen LogP contribution in [0.5, 0.6) is 0 Å². The van der Waals surface area contributed by atoms with Gasteiger partial charge in [0.15, 0.2) is 5.79 Å². The lowest BCUT2D eigenvalue weighted by Crippen LogP contribution is -2.53. The zero-order valence-corrected chi connectivity index (χ0v) is 18.4. The number of aromatic carboxylic acids is 1. The number of carboxylic acid groups (broad SMARTS) is 1. The fraction of sp³-hybridized carbons (Fsp3) is 0.571. The number of fused-ring (bicyclic) bond motifs is 1. The lowest BCUT2D eigenvalue weighted by molar-refractivity contribution is -0.255. The van der Waals surface area contributed by atoms with Crippen molar-refractivity contribution in [1.29, 1.82) is 0 Å². The molecule has 0 aliphatic carbocycles. The predicted molar refractivity (Wildman–Crippen MR) is 110 cm³/mol. The molecule has 1 spiro atoms. The molecule has 0 amide bonds. The van der Waals surface area contributed by atoms with Crippen LogP contribution in [-0.4, -0.2) is 67.7 Å². The smallest absolute Gasteiger partial charge is 0.416 e. The molecule has 4 rings (SSSR count). The molecule has 7 nitrogen and oxygen atoms in total. The van der Waals surface area contributed by atoms with Crippen molar-refractivity contribution in [2.75, 3.05) is 43.7 Å². The van der Waals surface area contributed by atoms with E-state index in [1.54, 1.807) is 0 Å². The van der Waals surface area contributed by atoms with Crippen molar-refractivity contribution in [3.05, 3.63) is 29.5 Å². The molecular formula is C21H21ClF5NO6. The lowest BCUT2D eigenvalue weighted by Gasteiger charge is -2.40. The van der Waals surface area contributed by atoms with Crippen LogP contribution in [-0.2, 0) is 20.4 Å². The van der Waals surface area contributed by atoms with Crippen molar-refractivity contribution in [2.45, 2.75) is 36.8 Å². The number of carbonyl (C=O) groups is 1. The van der Waals surface area contributed by atoms with Crippen molar-refractivity contribution >= 4 is 34.2 Å². The zero-order chi connectivity index (χ0) is 24.7. The van der Waals surface area contributed by atoms with Gasteiger partial charge in [0.05, 0.1) is 37.6 Å². The van der Waals surface area contributed by atoms with Gasteiger partial charge in [0.1, 0.15) is 11.7 Å². The van der Waals surface area contributed by atoms with Gasteiger partial charge in [-0.1, -0.05) is 0 Å². The number of halogens is 6. The standard InChI is InChI=1S/C21H21ClF5NO6/c22-4-5-28(11-20(23,24)15-10-19(3-6-31-15)32-7-8-33-19)16-13-9-12(21(25,26)27)1-2-14(13)34-17(16)18(29)30/h1-2,9,15H,3-8,10-11H2,(H,29,30). The van der Waals surface area contributed by atoms with Gasteiger partial charge >= 0.3 is 12.1 Å². The first-order chi connectivity index (χ1) is 16.0. The Morgan fingerprint density at radius 2 is 1.88 bits per heavy atom. The van der Waals surface area contributed by atoms with Crippen LogP contribution in [0.25, 0.3) is 11.0 Å². The third kappa shape index (κ3) is 4.81. The maximum atomic E-state index is 15.4. The van der Waals surface area contributed by atoms with Crippen LogP contribution in [0.15, 0.2) is 22.6 Å². The minimum atomic E-state index is -4.74. The number of furan rings is 1. The summed E-state index contributed by atoms with van der Waals surface area (Å²) in [5.74, 6) is -7.33. The zero-order valence-electron chi connectivity index (χ0n) is 17.7. The molecule has 1 aromatic carbocycles. The van der Waals surface area contributed by atoms with Crippen LogP contribution in [0.3, 0.4) is 0 Å². The van der Waals surface area contributed by atoms with Gasteiger partial charge in [0, 0.05) is 30.7 Å². The summed E-state index contributed by atoms with van der Waals surface area (Å²) >= 11 is 5.80. The van der Waals surface area contributed by atoms with Gasteiger partial charge in [0.25, 0.3) is 5.92 Å².